The number of halogens is 3. The maximum absolute atomic E-state index is 15.0. The molecule has 196 valence electrons. The summed E-state index contributed by atoms with van der Waals surface area (Å²) in [6.07, 6.45) is 5.92. The van der Waals surface area contributed by atoms with Crippen molar-refractivity contribution in [3.8, 4) is 11.5 Å². The van der Waals surface area contributed by atoms with Gasteiger partial charge in [0.25, 0.3) is 5.92 Å². The van der Waals surface area contributed by atoms with Crippen molar-refractivity contribution >= 4 is 16.6 Å². The van der Waals surface area contributed by atoms with Gasteiger partial charge in [0, 0.05) is 29.7 Å². The van der Waals surface area contributed by atoms with E-state index in [2.05, 4.69) is 15.5 Å². The van der Waals surface area contributed by atoms with Gasteiger partial charge in [0.05, 0.1) is 31.6 Å². The predicted octanol–water partition coefficient (Wildman–Crippen LogP) is 5.15. The molecule has 1 fully saturated rings. The number of anilines is 1. The maximum atomic E-state index is 15.0. The Hall–Kier alpha value is -3.11. The van der Waals surface area contributed by atoms with Crippen LogP contribution in [0.5, 0.6) is 11.5 Å². The fraction of sp³-hybridized carbons (Fsp3) is 0.462. The van der Waals surface area contributed by atoms with Crippen LogP contribution in [-0.2, 0) is 4.74 Å². The number of alkyl halides is 2. The molecule has 1 unspecified atom stereocenters. The summed E-state index contributed by atoms with van der Waals surface area (Å²) in [6.45, 7) is 5.37. The minimum absolute atomic E-state index is 0.0550. The molecule has 2 atom stereocenters. The fourth-order valence-electron chi connectivity index (χ4n) is 3.92. The minimum atomic E-state index is -3.69. The van der Waals surface area contributed by atoms with Crippen LogP contribution in [0.25, 0.3) is 10.8 Å². The Balaban J connectivity index is 0.00000176. The highest BCUT2D eigenvalue weighted by atomic mass is 19.3. The summed E-state index contributed by atoms with van der Waals surface area (Å²) < 4.78 is 60.0. The summed E-state index contributed by atoms with van der Waals surface area (Å²) in [5.74, 6) is -4.31. The third kappa shape index (κ3) is 5.99. The summed E-state index contributed by atoms with van der Waals surface area (Å²) in [6, 6.07) is 3.57. The number of benzene rings is 1. The van der Waals surface area contributed by atoms with Crippen molar-refractivity contribution < 1.29 is 32.5 Å². The van der Waals surface area contributed by atoms with Crippen molar-refractivity contribution in [2.45, 2.75) is 39.2 Å². The summed E-state index contributed by atoms with van der Waals surface area (Å²) in [5.41, 5.74) is -0.185. The first-order valence-electron chi connectivity index (χ1n) is 11.9. The monoisotopic (exact) mass is 507 g/mol. The number of hydrogen-bond donors (Lipinski definition) is 2. The van der Waals surface area contributed by atoms with Gasteiger partial charge in [0.2, 0.25) is 0 Å². The van der Waals surface area contributed by atoms with E-state index >= 15 is 0 Å². The number of methoxy groups -OCH3 is 1. The van der Waals surface area contributed by atoms with E-state index in [1.807, 2.05) is 13.8 Å². The molecule has 2 aromatic rings. The number of aliphatic hydroxyl groups is 1. The molecule has 0 spiro atoms. The number of nitrogens with one attached hydrogen (secondary N) is 1. The number of hydrogen-bond acceptors (Lipinski definition) is 7. The lowest BCUT2D eigenvalue weighted by molar-refractivity contribution is -0.0150. The standard InChI is InChI=1S/C24H26F3N3O4.C2H6/c1-14-17-9-20(32-2)21(34-16-7-8-33-12-16)10-18(17)23(30-29-14)28-11-15-5-3-4-6-19(22(15)25)24(26,27)13-31;1-2/h3-6,9-10,15-16,31H,7-8,11-13H2,1-2H3,(H,28,30);1-2H3/t15?,16-;/m0./s1. The Morgan fingerprint density at radius 2 is 1.92 bits per heavy atom. The number of nitrogens with zero attached hydrogens (tertiary/aromatic N) is 2. The SMILES string of the molecule is CC.COc1cc2c(C)nnc(NCC3C=CC=CC(C(F)(F)CO)=C3F)c2cc1O[C@H]1CCOC1. The zero-order chi connectivity index (χ0) is 26.3. The molecule has 0 bridgehead atoms. The fourth-order valence-corrected chi connectivity index (χ4v) is 3.92. The van der Waals surface area contributed by atoms with Crippen LogP contribution in [0.3, 0.4) is 0 Å². The average Bonchev–Trinajstić information content (AvgIpc) is 3.32. The number of aryl methyl sites for hydroxylation is 1. The number of fused-ring (bicyclic) bond motifs is 1. The lowest BCUT2D eigenvalue weighted by Gasteiger charge is -2.20. The van der Waals surface area contributed by atoms with Crippen LogP contribution in [0.1, 0.15) is 26.0 Å². The molecule has 2 N–H and O–H groups in total. The van der Waals surface area contributed by atoms with E-state index in [1.54, 1.807) is 26.2 Å². The Morgan fingerprint density at radius 1 is 1.17 bits per heavy atom. The summed E-state index contributed by atoms with van der Waals surface area (Å²) in [7, 11) is 1.55. The lowest BCUT2D eigenvalue weighted by atomic mass is 10.0. The average molecular weight is 508 g/mol. The first kappa shape index (κ1) is 27.5. The third-order valence-corrected chi connectivity index (χ3v) is 5.81. The van der Waals surface area contributed by atoms with Crippen molar-refractivity contribution in [2.75, 3.05) is 38.8 Å². The zero-order valence-corrected chi connectivity index (χ0v) is 20.9. The molecule has 7 nitrogen and oxygen atoms in total. The number of allylic oxidation sites excluding steroid dienone is 3. The molecule has 10 heteroatoms. The normalized spacial score (nSPS) is 19.7. The molecule has 0 saturated carbocycles. The molecular weight excluding hydrogens is 475 g/mol. The van der Waals surface area contributed by atoms with E-state index < -0.39 is 29.8 Å². The smallest absolute Gasteiger partial charge is 0.298 e. The second kappa shape index (κ2) is 12.2. The van der Waals surface area contributed by atoms with Gasteiger partial charge in [-0.1, -0.05) is 38.2 Å². The molecule has 1 aromatic carbocycles. The quantitative estimate of drug-likeness (QED) is 0.511. The molecule has 36 heavy (non-hydrogen) atoms. The van der Waals surface area contributed by atoms with Crippen LogP contribution in [0, 0.1) is 12.8 Å². The van der Waals surface area contributed by atoms with E-state index in [-0.39, 0.29) is 12.6 Å². The molecule has 1 aromatic heterocycles. The van der Waals surface area contributed by atoms with Crippen molar-refractivity contribution in [3.63, 3.8) is 0 Å². The first-order valence-corrected chi connectivity index (χ1v) is 11.9. The van der Waals surface area contributed by atoms with E-state index in [4.69, 9.17) is 19.3 Å². The van der Waals surface area contributed by atoms with Gasteiger partial charge in [-0.05, 0) is 19.1 Å². The number of ether oxygens (including phenoxy) is 3. The van der Waals surface area contributed by atoms with E-state index in [0.717, 1.165) is 17.9 Å². The highest BCUT2D eigenvalue weighted by Crippen LogP contribution is 2.38. The van der Waals surface area contributed by atoms with Crippen LogP contribution in [-0.4, -0.2) is 60.8 Å². The summed E-state index contributed by atoms with van der Waals surface area (Å²) >= 11 is 0. The topological polar surface area (TPSA) is 85.7 Å². The molecule has 0 amide bonds. The van der Waals surface area contributed by atoms with Crippen molar-refractivity contribution in [1.82, 2.24) is 10.2 Å². The molecule has 1 aliphatic heterocycles. The van der Waals surface area contributed by atoms with E-state index in [1.165, 1.54) is 18.2 Å². The first-order chi connectivity index (χ1) is 17.3. The zero-order valence-electron chi connectivity index (χ0n) is 20.9. The number of aliphatic hydroxyl groups excluding tert-OH is 1. The van der Waals surface area contributed by atoms with Crippen LogP contribution in [0.2, 0.25) is 0 Å². The Labute approximate surface area is 208 Å². The van der Waals surface area contributed by atoms with Crippen molar-refractivity contribution in [2.24, 2.45) is 5.92 Å². The minimum Gasteiger partial charge on any atom is -0.493 e. The van der Waals surface area contributed by atoms with Gasteiger partial charge >= 0.3 is 0 Å². The van der Waals surface area contributed by atoms with Gasteiger partial charge in [-0.2, -0.15) is 13.9 Å². The van der Waals surface area contributed by atoms with Gasteiger partial charge in [-0.3, -0.25) is 0 Å². The largest absolute Gasteiger partial charge is 0.493 e. The molecule has 1 aliphatic carbocycles. The molecule has 2 heterocycles. The Kier molecular flexibility index (Phi) is 9.33. The Morgan fingerprint density at radius 3 is 2.58 bits per heavy atom. The molecular formula is C26H32F3N3O4. The van der Waals surface area contributed by atoms with Crippen molar-refractivity contribution in [3.05, 3.63) is 53.5 Å². The summed E-state index contributed by atoms with van der Waals surface area (Å²) in [5, 5.41) is 21.8. The van der Waals surface area contributed by atoms with Gasteiger partial charge < -0.3 is 24.6 Å². The van der Waals surface area contributed by atoms with Gasteiger partial charge in [0.15, 0.2) is 17.3 Å². The number of aromatic nitrogens is 2. The van der Waals surface area contributed by atoms with Crippen LogP contribution >= 0.6 is 0 Å². The molecule has 2 aliphatic rings. The third-order valence-electron chi connectivity index (χ3n) is 5.81. The van der Waals surface area contributed by atoms with Gasteiger partial charge in [-0.15, -0.1) is 5.10 Å². The summed E-state index contributed by atoms with van der Waals surface area (Å²) in [4.78, 5) is 0. The van der Waals surface area contributed by atoms with Crippen LogP contribution in [0.4, 0.5) is 19.0 Å². The lowest BCUT2D eigenvalue weighted by Crippen LogP contribution is -2.26. The van der Waals surface area contributed by atoms with Gasteiger partial charge in [0.1, 0.15) is 18.5 Å². The Bertz CT molecular complexity index is 1140. The second-order valence-corrected chi connectivity index (χ2v) is 8.14. The maximum Gasteiger partial charge on any atom is 0.298 e. The predicted molar refractivity (Wildman–Crippen MR) is 132 cm³/mol. The van der Waals surface area contributed by atoms with Crippen LogP contribution in [0.15, 0.2) is 47.8 Å². The second-order valence-electron chi connectivity index (χ2n) is 8.14. The highest BCUT2D eigenvalue weighted by Gasteiger charge is 2.36. The molecule has 1 saturated heterocycles. The molecule has 0 radical (unpaired) electrons. The van der Waals surface area contributed by atoms with E-state index in [9.17, 15) is 13.2 Å². The van der Waals surface area contributed by atoms with Crippen LogP contribution < -0.4 is 14.8 Å². The van der Waals surface area contributed by atoms with E-state index in [0.29, 0.717) is 41.6 Å². The van der Waals surface area contributed by atoms with Gasteiger partial charge in [-0.25, -0.2) is 4.39 Å². The number of rotatable bonds is 8. The molecule has 4 rings (SSSR count). The highest BCUT2D eigenvalue weighted by molar-refractivity contribution is 5.95. The van der Waals surface area contributed by atoms with Crippen molar-refractivity contribution in [1.29, 1.82) is 0 Å².